The number of carbonyl (C=O) groups is 1. The summed E-state index contributed by atoms with van der Waals surface area (Å²) in [4.78, 5) is 12.6. The van der Waals surface area contributed by atoms with Crippen molar-refractivity contribution in [3.05, 3.63) is 88.6 Å². The second kappa shape index (κ2) is 7.23. The molecular weight excluding hydrogens is 335 g/mol. The highest BCUT2D eigenvalue weighted by Crippen LogP contribution is 2.29. The molecule has 26 heavy (non-hydrogen) atoms. The molecule has 0 aliphatic carbocycles. The van der Waals surface area contributed by atoms with Gasteiger partial charge in [-0.25, -0.2) is 4.39 Å². The fourth-order valence-electron chi connectivity index (χ4n) is 2.47. The Hall–Kier alpha value is -3.41. The van der Waals surface area contributed by atoms with Gasteiger partial charge in [0.2, 0.25) is 6.20 Å². The van der Waals surface area contributed by atoms with Crippen molar-refractivity contribution in [3.63, 3.8) is 0 Å². The molecule has 0 saturated carbocycles. The van der Waals surface area contributed by atoms with Crippen molar-refractivity contribution < 1.29 is 18.7 Å². The maximum atomic E-state index is 13.3. The van der Waals surface area contributed by atoms with Gasteiger partial charge in [-0.15, -0.1) is 0 Å². The highest BCUT2D eigenvalue weighted by molar-refractivity contribution is 6.06. The average Bonchev–Trinajstić information content (AvgIpc) is 2.57. The number of aryl methyl sites for hydroxylation is 2. The Labute approximate surface area is 150 Å². The van der Waals surface area contributed by atoms with Gasteiger partial charge in [-0.2, -0.15) is 4.73 Å². The number of halogens is 1. The highest BCUT2D eigenvalue weighted by atomic mass is 19.1. The summed E-state index contributed by atoms with van der Waals surface area (Å²) in [5, 5.41) is 14.0. The third kappa shape index (κ3) is 3.97. The van der Waals surface area contributed by atoms with Crippen molar-refractivity contribution in [2.45, 2.75) is 13.8 Å². The van der Waals surface area contributed by atoms with Gasteiger partial charge in [-0.1, -0.05) is 6.07 Å². The first-order valence-corrected chi connectivity index (χ1v) is 7.97. The summed E-state index contributed by atoms with van der Waals surface area (Å²) in [5.41, 5.74) is 2.21. The minimum atomic E-state index is -0.411. The van der Waals surface area contributed by atoms with E-state index in [9.17, 15) is 14.4 Å². The molecule has 6 heteroatoms. The van der Waals surface area contributed by atoms with E-state index in [-0.39, 0.29) is 5.82 Å². The van der Waals surface area contributed by atoms with E-state index in [1.54, 1.807) is 31.2 Å². The van der Waals surface area contributed by atoms with Gasteiger partial charge in [0.25, 0.3) is 5.91 Å². The molecule has 0 aliphatic rings. The van der Waals surface area contributed by atoms with Gasteiger partial charge < -0.3 is 15.3 Å². The fraction of sp³-hybridized carbons (Fsp3) is 0.100. The first-order chi connectivity index (χ1) is 12.4. The molecule has 1 N–H and O–H groups in total. The largest absolute Gasteiger partial charge is 0.619 e. The number of anilines is 1. The summed E-state index contributed by atoms with van der Waals surface area (Å²) in [5.74, 6) is 0.0457. The molecule has 0 aliphatic heterocycles. The predicted molar refractivity (Wildman–Crippen MR) is 95.7 cm³/mol. The zero-order chi connectivity index (χ0) is 18.7. The Morgan fingerprint density at radius 1 is 1.12 bits per heavy atom. The second-order valence-electron chi connectivity index (χ2n) is 5.92. The van der Waals surface area contributed by atoms with Gasteiger partial charge in [0.15, 0.2) is 6.20 Å². The van der Waals surface area contributed by atoms with Crippen molar-refractivity contribution in [1.82, 2.24) is 0 Å². The lowest BCUT2D eigenvalue weighted by atomic mass is 10.1. The third-order valence-corrected chi connectivity index (χ3v) is 3.77. The van der Waals surface area contributed by atoms with Crippen LogP contribution in [0.2, 0.25) is 0 Å². The number of hydrogen-bond acceptors (Lipinski definition) is 3. The molecule has 0 fully saturated rings. The number of pyridine rings is 1. The summed E-state index contributed by atoms with van der Waals surface area (Å²) in [6.45, 7) is 3.61. The van der Waals surface area contributed by atoms with E-state index >= 15 is 0 Å². The maximum absolute atomic E-state index is 13.3. The Bertz CT molecular complexity index is 973. The monoisotopic (exact) mass is 352 g/mol. The van der Waals surface area contributed by atoms with Crippen LogP contribution in [0, 0.1) is 24.9 Å². The normalized spacial score (nSPS) is 10.4. The lowest BCUT2D eigenvalue weighted by Gasteiger charge is -2.14. The predicted octanol–water partition coefficient (Wildman–Crippen LogP) is 4.12. The Morgan fingerprint density at radius 2 is 1.92 bits per heavy atom. The zero-order valence-electron chi connectivity index (χ0n) is 14.3. The van der Waals surface area contributed by atoms with Crippen molar-refractivity contribution >= 4 is 11.6 Å². The molecule has 1 heterocycles. The van der Waals surface area contributed by atoms with Crippen molar-refractivity contribution in [2.75, 3.05) is 5.32 Å². The van der Waals surface area contributed by atoms with Crippen LogP contribution in [0.3, 0.4) is 0 Å². The van der Waals surface area contributed by atoms with Crippen LogP contribution in [0.5, 0.6) is 11.5 Å². The van der Waals surface area contributed by atoms with E-state index in [0.29, 0.717) is 33.0 Å². The lowest BCUT2D eigenvalue weighted by molar-refractivity contribution is -0.604. The van der Waals surface area contributed by atoms with Crippen molar-refractivity contribution in [3.8, 4) is 11.5 Å². The molecule has 3 rings (SSSR count). The molecule has 0 saturated heterocycles. The Kier molecular flexibility index (Phi) is 4.84. The molecule has 0 radical (unpaired) electrons. The summed E-state index contributed by atoms with van der Waals surface area (Å²) in [7, 11) is 0. The first-order valence-electron chi connectivity index (χ1n) is 7.97. The molecule has 3 aromatic rings. The van der Waals surface area contributed by atoms with Crippen LogP contribution in [-0.2, 0) is 0 Å². The van der Waals surface area contributed by atoms with Gasteiger partial charge >= 0.3 is 0 Å². The topological polar surface area (TPSA) is 65.3 Å². The number of nitrogens with one attached hydrogen (secondary N) is 1. The van der Waals surface area contributed by atoms with Crippen molar-refractivity contribution in [2.24, 2.45) is 0 Å². The van der Waals surface area contributed by atoms with Crippen LogP contribution >= 0.6 is 0 Å². The van der Waals surface area contributed by atoms with Crippen LogP contribution in [0.15, 0.2) is 60.9 Å². The molecule has 0 atom stereocenters. The smallest absolute Gasteiger partial charge is 0.259 e. The zero-order valence-corrected chi connectivity index (χ0v) is 14.3. The number of rotatable bonds is 4. The van der Waals surface area contributed by atoms with Gasteiger partial charge in [0.05, 0.1) is 5.56 Å². The quantitative estimate of drug-likeness (QED) is 0.567. The van der Waals surface area contributed by atoms with Crippen LogP contribution in [-0.4, -0.2) is 5.91 Å². The Morgan fingerprint density at radius 3 is 2.65 bits per heavy atom. The van der Waals surface area contributed by atoms with Gasteiger partial charge in [0, 0.05) is 6.07 Å². The summed E-state index contributed by atoms with van der Waals surface area (Å²) >= 11 is 0. The first kappa shape index (κ1) is 17.4. The van der Waals surface area contributed by atoms with Gasteiger partial charge in [0.1, 0.15) is 23.0 Å². The van der Waals surface area contributed by atoms with Crippen molar-refractivity contribution in [1.29, 1.82) is 0 Å². The van der Waals surface area contributed by atoms with E-state index in [1.807, 2.05) is 6.92 Å². The third-order valence-electron chi connectivity index (χ3n) is 3.77. The fourth-order valence-corrected chi connectivity index (χ4v) is 2.47. The minimum absolute atomic E-state index is 0.306. The van der Waals surface area contributed by atoms with E-state index in [1.165, 1.54) is 36.7 Å². The molecule has 2 aromatic carbocycles. The Balaban J connectivity index is 1.91. The van der Waals surface area contributed by atoms with E-state index in [2.05, 4.69) is 5.32 Å². The van der Waals surface area contributed by atoms with E-state index in [4.69, 9.17) is 4.74 Å². The average molecular weight is 352 g/mol. The second-order valence-corrected chi connectivity index (χ2v) is 5.92. The van der Waals surface area contributed by atoms with Crippen LogP contribution < -0.4 is 14.8 Å². The van der Waals surface area contributed by atoms with E-state index < -0.39 is 5.91 Å². The highest BCUT2D eigenvalue weighted by Gasteiger charge is 2.15. The molecule has 1 aromatic heterocycles. The number of benzene rings is 2. The number of nitrogens with zero attached hydrogens (tertiary/aromatic N) is 1. The van der Waals surface area contributed by atoms with Crippen LogP contribution in [0.1, 0.15) is 21.5 Å². The van der Waals surface area contributed by atoms with Crippen LogP contribution in [0.25, 0.3) is 0 Å². The molecule has 0 spiro atoms. The maximum Gasteiger partial charge on any atom is 0.259 e. The number of aromatic nitrogens is 1. The molecule has 5 nitrogen and oxygen atoms in total. The standard InChI is InChI=1S/C20H17FN2O3/c1-13-5-7-17(20(24)22-16-4-3-9-23(25)12-16)19(10-13)26-18-8-6-15(21)11-14(18)2/h3-12H,1-2H3,(H,22,24). The van der Waals surface area contributed by atoms with Gasteiger partial charge in [-0.05, 0) is 61.4 Å². The molecular formula is C20H17FN2O3. The van der Waals surface area contributed by atoms with Gasteiger partial charge in [-0.3, -0.25) is 4.79 Å². The molecule has 0 unspecified atom stereocenters. The SMILES string of the molecule is Cc1ccc(C(=O)Nc2ccc[n+]([O-])c2)c(Oc2ccc(F)cc2C)c1. The minimum Gasteiger partial charge on any atom is -0.619 e. The molecule has 0 bridgehead atoms. The lowest BCUT2D eigenvalue weighted by Crippen LogP contribution is -2.25. The number of amides is 1. The summed E-state index contributed by atoms with van der Waals surface area (Å²) < 4.78 is 19.8. The molecule has 132 valence electrons. The number of ether oxygens (including phenoxy) is 1. The van der Waals surface area contributed by atoms with Crippen LogP contribution in [0.4, 0.5) is 10.1 Å². The summed E-state index contributed by atoms with van der Waals surface area (Å²) in [6, 6.07) is 12.5. The summed E-state index contributed by atoms with van der Waals surface area (Å²) in [6.07, 6.45) is 2.59. The number of hydrogen-bond donors (Lipinski definition) is 1. The number of carbonyl (C=O) groups excluding carboxylic acids is 1. The molecule has 1 amide bonds. The van der Waals surface area contributed by atoms with E-state index in [0.717, 1.165) is 5.56 Å².